The molecule has 36 heavy (non-hydrogen) atoms. The van der Waals surface area contributed by atoms with Crippen LogP contribution in [0.4, 0.5) is 13.2 Å². The molecule has 4 bridgehead atoms. The highest BCUT2D eigenvalue weighted by Crippen LogP contribution is 2.65. The zero-order valence-corrected chi connectivity index (χ0v) is 22.5. The minimum absolute atomic E-state index is 0.0899. The Morgan fingerprint density at radius 3 is 2.28 bits per heavy atom. The third-order valence-electron chi connectivity index (χ3n) is 9.03. The molecule has 4 fully saturated rings. The molecule has 4 saturated carbocycles. The van der Waals surface area contributed by atoms with E-state index in [1.165, 1.54) is 26.2 Å². The number of ether oxygens (including phenoxy) is 1. The van der Waals surface area contributed by atoms with Crippen molar-refractivity contribution in [1.29, 1.82) is 0 Å². The molecule has 0 aliphatic heterocycles. The number of aryl methyl sites for hydroxylation is 1. The van der Waals surface area contributed by atoms with Gasteiger partial charge in [-0.25, -0.2) is 0 Å². The highest BCUT2D eigenvalue weighted by atomic mass is 35.5. The summed E-state index contributed by atoms with van der Waals surface area (Å²) in [5, 5.41) is -1.08. The highest BCUT2D eigenvalue weighted by molar-refractivity contribution is 7.86. The number of hydrogen-bond acceptors (Lipinski definition) is 3. The number of rotatable bonds is 5. The molecule has 0 radical (unpaired) electrons. The molecular weight excluding hydrogens is 513 g/mol. The minimum Gasteiger partial charge on any atom is -0.373 e. The van der Waals surface area contributed by atoms with Gasteiger partial charge in [0, 0.05) is 5.39 Å². The van der Waals surface area contributed by atoms with Crippen LogP contribution in [-0.4, -0.2) is 19.6 Å². The third kappa shape index (κ3) is 4.36. The van der Waals surface area contributed by atoms with Gasteiger partial charge < -0.3 is 4.74 Å². The van der Waals surface area contributed by atoms with Crippen LogP contribution in [0.2, 0.25) is 5.02 Å². The Hall–Kier alpha value is -1.35. The van der Waals surface area contributed by atoms with Gasteiger partial charge in [-0.05, 0) is 116 Å². The van der Waals surface area contributed by atoms with Gasteiger partial charge in [0.1, 0.15) is 4.90 Å². The Labute approximate surface area is 215 Å². The van der Waals surface area contributed by atoms with Crippen LogP contribution in [0.15, 0.2) is 17.0 Å². The summed E-state index contributed by atoms with van der Waals surface area (Å²) in [6.45, 7) is 7.75. The largest absolute Gasteiger partial charge is 0.418 e. The fourth-order valence-electron chi connectivity index (χ4n) is 8.05. The van der Waals surface area contributed by atoms with Gasteiger partial charge in [0.25, 0.3) is 10.1 Å². The van der Waals surface area contributed by atoms with Crippen molar-refractivity contribution in [2.24, 2.45) is 22.7 Å². The van der Waals surface area contributed by atoms with E-state index in [2.05, 4.69) is 6.92 Å². The summed E-state index contributed by atoms with van der Waals surface area (Å²) in [7, 11) is -4.99. The maximum Gasteiger partial charge on any atom is 0.418 e. The molecule has 0 aromatic heterocycles. The Balaban J connectivity index is 1.56. The van der Waals surface area contributed by atoms with Crippen molar-refractivity contribution >= 4 is 32.5 Å². The number of benzene rings is 2. The first-order valence-electron chi connectivity index (χ1n) is 12.4. The molecule has 6 rings (SSSR count). The van der Waals surface area contributed by atoms with Crippen molar-refractivity contribution in [3.05, 3.63) is 39.4 Å². The van der Waals surface area contributed by atoms with Crippen LogP contribution < -0.4 is 0 Å². The van der Waals surface area contributed by atoms with Gasteiger partial charge >= 0.3 is 6.18 Å². The second kappa shape index (κ2) is 8.32. The number of halogens is 4. The lowest BCUT2D eigenvalue weighted by molar-refractivity contribution is -0.142. The Morgan fingerprint density at radius 2 is 1.75 bits per heavy atom. The van der Waals surface area contributed by atoms with Gasteiger partial charge in [-0.3, -0.25) is 4.55 Å². The molecule has 0 saturated heterocycles. The highest BCUT2D eigenvalue weighted by Gasteiger charge is 2.55. The van der Waals surface area contributed by atoms with Crippen molar-refractivity contribution in [2.75, 3.05) is 6.61 Å². The smallest absolute Gasteiger partial charge is 0.373 e. The first-order valence-corrected chi connectivity index (χ1v) is 14.3. The molecular formula is C27H32ClF3O4S. The van der Waals surface area contributed by atoms with Gasteiger partial charge in [0.05, 0.1) is 23.3 Å². The molecule has 2 aromatic carbocycles. The zero-order valence-electron chi connectivity index (χ0n) is 20.9. The lowest BCUT2D eigenvalue weighted by atomic mass is 9.45. The number of hydrogen-bond donors (Lipinski definition) is 1. The molecule has 198 valence electrons. The van der Waals surface area contributed by atoms with Gasteiger partial charge in [-0.15, -0.1) is 0 Å². The second-order valence-electron chi connectivity index (χ2n) is 12.1. The normalized spacial score (nSPS) is 30.8. The van der Waals surface area contributed by atoms with Crippen molar-refractivity contribution in [3.63, 3.8) is 0 Å². The van der Waals surface area contributed by atoms with E-state index in [4.69, 9.17) is 16.3 Å². The van der Waals surface area contributed by atoms with Crippen LogP contribution in [0.3, 0.4) is 0 Å². The summed E-state index contributed by atoms with van der Waals surface area (Å²) in [5.74, 6) is 1.44. The SMILES string of the molecule is Cc1c(Cl)c(C(F)(F)F)c2c(S(=O)(=O)O)cc(C(C)OCC34CC5CC(CC(C)(C5)C3)C4)cc2c1C. The first kappa shape index (κ1) is 26.3. The fourth-order valence-corrected chi connectivity index (χ4v) is 9.15. The molecule has 0 heterocycles. The molecule has 4 aliphatic carbocycles. The minimum atomic E-state index is -4.99. The van der Waals surface area contributed by atoms with E-state index in [1.54, 1.807) is 19.9 Å². The quantitative estimate of drug-likeness (QED) is 0.387. The average Bonchev–Trinajstić information content (AvgIpc) is 2.72. The molecule has 4 nitrogen and oxygen atoms in total. The van der Waals surface area contributed by atoms with E-state index in [-0.39, 0.29) is 16.4 Å². The summed E-state index contributed by atoms with van der Waals surface area (Å²) in [4.78, 5) is -0.801. The molecule has 3 unspecified atom stereocenters. The Morgan fingerprint density at radius 1 is 1.14 bits per heavy atom. The summed E-state index contributed by atoms with van der Waals surface area (Å²) >= 11 is 6.08. The van der Waals surface area contributed by atoms with Crippen molar-refractivity contribution in [2.45, 2.75) is 83.4 Å². The second-order valence-corrected chi connectivity index (χ2v) is 13.8. The molecule has 9 heteroatoms. The van der Waals surface area contributed by atoms with Crippen molar-refractivity contribution in [1.82, 2.24) is 0 Å². The molecule has 1 N–H and O–H groups in total. The number of fused-ring (bicyclic) bond motifs is 1. The molecule has 0 spiro atoms. The molecule has 4 aliphatic rings. The molecule has 0 amide bonds. The van der Waals surface area contributed by atoms with E-state index >= 15 is 0 Å². The zero-order chi connectivity index (χ0) is 26.4. The summed E-state index contributed by atoms with van der Waals surface area (Å²) in [5.41, 5.74) is 0.237. The Bertz CT molecular complexity index is 1340. The summed E-state index contributed by atoms with van der Waals surface area (Å²) in [6.07, 6.45) is 1.72. The first-order chi connectivity index (χ1) is 16.5. The topological polar surface area (TPSA) is 63.6 Å². The van der Waals surface area contributed by atoms with Crippen LogP contribution in [0.25, 0.3) is 10.8 Å². The van der Waals surface area contributed by atoms with Crippen LogP contribution >= 0.6 is 11.6 Å². The van der Waals surface area contributed by atoms with Crippen LogP contribution in [0, 0.1) is 36.5 Å². The third-order valence-corrected chi connectivity index (χ3v) is 10.4. The van der Waals surface area contributed by atoms with Crippen LogP contribution in [-0.2, 0) is 21.0 Å². The van der Waals surface area contributed by atoms with E-state index in [9.17, 15) is 26.1 Å². The van der Waals surface area contributed by atoms with Gasteiger partial charge in [0.15, 0.2) is 0 Å². The van der Waals surface area contributed by atoms with E-state index in [0.29, 0.717) is 23.1 Å². The average molecular weight is 545 g/mol. The van der Waals surface area contributed by atoms with Crippen molar-refractivity contribution in [3.8, 4) is 0 Å². The van der Waals surface area contributed by atoms with E-state index in [1.807, 2.05) is 0 Å². The van der Waals surface area contributed by atoms with E-state index < -0.39 is 43.3 Å². The standard InChI is InChI=1S/C27H32ClF3O4S/c1-14-15(2)24(28)23(27(29,30)31)22-20(14)6-19(7-21(22)36(32,33)34)16(3)35-13-26-10-17-5-18(11-26)9-25(4,8-17)12-26/h6-7,16-18H,5,8-13H2,1-4H3,(H,32,33,34). The molecule has 3 atom stereocenters. The number of alkyl halides is 3. The summed E-state index contributed by atoms with van der Waals surface area (Å²) < 4.78 is 83.1. The van der Waals surface area contributed by atoms with Gasteiger partial charge in [-0.1, -0.05) is 18.5 Å². The lowest BCUT2D eigenvalue weighted by Crippen LogP contribution is -2.52. The predicted molar refractivity (Wildman–Crippen MR) is 133 cm³/mol. The van der Waals surface area contributed by atoms with Gasteiger partial charge in [-0.2, -0.15) is 21.6 Å². The maximum absolute atomic E-state index is 14.0. The fraction of sp³-hybridized carbons (Fsp3) is 0.630. The van der Waals surface area contributed by atoms with Crippen molar-refractivity contribution < 1.29 is 30.9 Å². The monoisotopic (exact) mass is 544 g/mol. The maximum atomic E-state index is 14.0. The predicted octanol–water partition coefficient (Wildman–Crippen LogP) is 8.06. The van der Waals surface area contributed by atoms with Crippen LogP contribution in [0.5, 0.6) is 0 Å². The lowest BCUT2D eigenvalue weighted by Gasteiger charge is -2.61. The molecule has 2 aromatic rings. The Kier molecular flexibility index (Phi) is 6.07. The van der Waals surface area contributed by atoms with Crippen LogP contribution in [0.1, 0.15) is 80.7 Å². The summed E-state index contributed by atoms with van der Waals surface area (Å²) in [6, 6.07) is 2.65. The van der Waals surface area contributed by atoms with E-state index in [0.717, 1.165) is 37.2 Å². The van der Waals surface area contributed by atoms with Gasteiger partial charge in [0.2, 0.25) is 0 Å².